The monoisotopic (exact) mass is 591 g/mol. The highest BCUT2D eigenvalue weighted by Gasteiger charge is 2.63. The predicted molar refractivity (Wildman–Crippen MR) is 155 cm³/mol. The number of likely N-dealkylation sites (N-methyl/N-ethyl adjacent to an activating group) is 1. The molecule has 1 saturated carbocycles. The molecule has 228 valence electrons. The Labute approximate surface area is 248 Å². The Kier molecular flexibility index (Phi) is 7.22. The molecule has 1 aromatic heterocycles. The molecule has 0 bridgehead atoms. The normalized spacial score (nSPS) is 27.8. The van der Waals surface area contributed by atoms with Gasteiger partial charge in [-0.25, -0.2) is 0 Å². The standard InChI is InChI=1S/C32H37N3O8/c1-35(2)26-20-13-15-12-19-18(22-11-8-17(43-22)14-34-16-6-4-3-5-7-16)9-10-21(36)24(19)27(37)23(15)29(39)32(20,42)30(40)25(28(26)38)31(33)41/h8-11,15-16,20,26,34,36,38-39,42H,3-7,12-14H2,1-2H3,(H2,33,41). The van der Waals surface area contributed by atoms with Gasteiger partial charge >= 0.3 is 0 Å². The van der Waals surface area contributed by atoms with Crippen LogP contribution in [-0.2, 0) is 22.6 Å². The number of fused-ring (bicyclic) bond motifs is 3. The molecule has 11 heteroatoms. The molecule has 0 aliphatic heterocycles. The van der Waals surface area contributed by atoms with Gasteiger partial charge in [-0.05, 0) is 75.5 Å². The minimum Gasteiger partial charge on any atom is -0.510 e. The summed E-state index contributed by atoms with van der Waals surface area (Å²) in [6, 6.07) is 6.19. The second-order valence-electron chi connectivity index (χ2n) is 12.4. The maximum Gasteiger partial charge on any atom is 0.255 e. The summed E-state index contributed by atoms with van der Waals surface area (Å²) in [6.07, 6.45) is 6.18. The number of aromatic hydroxyl groups is 1. The number of furan rings is 1. The van der Waals surface area contributed by atoms with E-state index in [0.29, 0.717) is 29.5 Å². The van der Waals surface area contributed by atoms with Crippen molar-refractivity contribution in [2.75, 3.05) is 14.1 Å². The van der Waals surface area contributed by atoms with E-state index in [2.05, 4.69) is 5.32 Å². The summed E-state index contributed by atoms with van der Waals surface area (Å²) in [5.41, 5.74) is 2.81. The average molecular weight is 592 g/mol. The number of carbonyl (C=O) groups excluding carboxylic acids is 3. The van der Waals surface area contributed by atoms with Crippen LogP contribution in [0.3, 0.4) is 0 Å². The fourth-order valence-electron chi connectivity index (χ4n) is 7.65. The number of carbonyl (C=O) groups is 3. The van der Waals surface area contributed by atoms with E-state index >= 15 is 0 Å². The number of aliphatic hydroxyl groups excluding tert-OH is 2. The van der Waals surface area contributed by atoms with Crippen molar-refractivity contribution in [1.29, 1.82) is 0 Å². The molecule has 1 amide bonds. The molecule has 1 aromatic carbocycles. The number of nitrogens with one attached hydrogen (secondary N) is 1. The third kappa shape index (κ3) is 4.49. The van der Waals surface area contributed by atoms with Crippen LogP contribution in [0.1, 0.15) is 60.2 Å². The van der Waals surface area contributed by atoms with Crippen molar-refractivity contribution < 1.29 is 39.2 Å². The van der Waals surface area contributed by atoms with Gasteiger partial charge in [0, 0.05) is 23.1 Å². The van der Waals surface area contributed by atoms with Gasteiger partial charge in [0.05, 0.1) is 18.2 Å². The minimum atomic E-state index is -2.67. The van der Waals surface area contributed by atoms with E-state index in [-0.39, 0.29) is 29.7 Å². The summed E-state index contributed by atoms with van der Waals surface area (Å²) < 4.78 is 6.18. The zero-order valence-electron chi connectivity index (χ0n) is 24.2. The topological polar surface area (TPSA) is 187 Å². The number of amides is 1. The van der Waals surface area contributed by atoms with E-state index in [0.717, 1.165) is 18.6 Å². The van der Waals surface area contributed by atoms with Gasteiger partial charge in [-0.1, -0.05) is 19.3 Å². The molecule has 7 N–H and O–H groups in total. The van der Waals surface area contributed by atoms with Crippen LogP contribution in [0.2, 0.25) is 0 Å². The fraction of sp³-hybridized carbons (Fsp3) is 0.469. The highest BCUT2D eigenvalue weighted by molar-refractivity contribution is 6.24. The van der Waals surface area contributed by atoms with Crippen molar-refractivity contribution in [3.05, 3.63) is 63.8 Å². The Bertz CT molecular complexity index is 1580. The summed E-state index contributed by atoms with van der Waals surface area (Å²) in [4.78, 5) is 41.1. The van der Waals surface area contributed by atoms with Crippen molar-refractivity contribution in [2.45, 2.75) is 69.2 Å². The molecule has 43 heavy (non-hydrogen) atoms. The number of primary amides is 1. The van der Waals surface area contributed by atoms with E-state index in [1.807, 2.05) is 12.1 Å². The molecule has 0 spiro atoms. The van der Waals surface area contributed by atoms with Crippen LogP contribution in [0.4, 0.5) is 0 Å². The Balaban J connectivity index is 1.39. The van der Waals surface area contributed by atoms with Crippen LogP contribution in [0.15, 0.2) is 51.3 Å². The molecular weight excluding hydrogens is 554 g/mol. The number of Topliss-reactive ketones (excluding diaryl/α,β-unsaturated/α-hetero) is 2. The van der Waals surface area contributed by atoms with E-state index in [1.165, 1.54) is 30.2 Å². The van der Waals surface area contributed by atoms with Crippen molar-refractivity contribution in [3.63, 3.8) is 0 Å². The predicted octanol–water partition coefficient (Wildman–Crippen LogP) is 2.80. The lowest BCUT2D eigenvalue weighted by molar-refractivity contribution is -0.148. The molecule has 4 atom stereocenters. The molecular formula is C32H37N3O8. The summed E-state index contributed by atoms with van der Waals surface area (Å²) in [5.74, 6) is -5.50. The number of allylic oxidation sites excluding steroid dienone is 1. The second-order valence-corrected chi connectivity index (χ2v) is 12.4. The van der Waals surface area contributed by atoms with Gasteiger partial charge in [-0.15, -0.1) is 0 Å². The number of nitrogens with two attached hydrogens (primary N) is 1. The lowest BCUT2D eigenvalue weighted by Crippen LogP contribution is -2.63. The maximum absolute atomic E-state index is 14.0. The van der Waals surface area contributed by atoms with Gasteiger partial charge in [-0.3, -0.25) is 19.3 Å². The molecule has 0 radical (unpaired) electrons. The highest BCUT2D eigenvalue weighted by Crippen LogP contribution is 2.53. The first-order chi connectivity index (χ1) is 20.4. The van der Waals surface area contributed by atoms with Gasteiger partial charge in [0.15, 0.2) is 11.4 Å². The number of ketones is 2. The Hall–Kier alpha value is -3.93. The Morgan fingerprint density at radius 3 is 2.49 bits per heavy atom. The summed E-state index contributed by atoms with van der Waals surface area (Å²) in [6.45, 7) is 0.567. The Morgan fingerprint density at radius 1 is 1.09 bits per heavy atom. The van der Waals surface area contributed by atoms with Gasteiger partial charge in [-0.2, -0.15) is 0 Å². The molecule has 1 heterocycles. The van der Waals surface area contributed by atoms with Crippen molar-refractivity contribution in [1.82, 2.24) is 10.2 Å². The van der Waals surface area contributed by atoms with Crippen molar-refractivity contribution in [2.24, 2.45) is 17.6 Å². The lowest BCUT2D eigenvalue weighted by atomic mass is 9.58. The largest absolute Gasteiger partial charge is 0.510 e. The van der Waals surface area contributed by atoms with Crippen LogP contribution in [-0.4, -0.2) is 74.6 Å². The first-order valence-electron chi connectivity index (χ1n) is 14.8. The third-order valence-corrected chi connectivity index (χ3v) is 9.70. The van der Waals surface area contributed by atoms with Crippen LogP contribution in [0, 0.1) is 11.8 Å². The number of phenolic OH excluding ortho intramolecular Hbond substituents is 1. The summed E-state index contributed by atoms with van der Waals surface area (Å²) in [5, 5.41) is 48.5. The van der Waals surface area contributed by atoms with Gasteiger partial charge < -0.3 is 35.9 Å². The number of rotatable bonds is 6. The van der Waals surface area contributed by atoms with Crippen LogP contribution < -0.4 is 11.1 Å². The lowest BCUT2D eigenvalue weighted by Gasteiger charge is -2.50. The zero-order chi connectivity index (χ0) is 30.8. The average Bonchev–Trinajstić information content (AvgIpc) is 3.43. The van der Waals surface area contributed by atoms with E-state index in [4.69, 9.17) is 10.2 Å². The number of hydrogen-bond acceptors (Lipinski definition) is 10. The van der Waals surface area contributed by atoms with Gasteiger partial charge in [0.1, 0.15) is 34.4 Å². The number of phenols is 1. The number of aliphatic hydroxyl groups is 3. The van der Waals surface area contributed by atoms with E-state index < -0.39 is 58.0 Å². The van der Waals surface area contributed by atoms with E-state index in [1.54, 1.807) is 20.2 Å². The number of hydrogen-bond donors (Lipinski definition) is 6. The quantitative estimate of drug-likeness (QED) is 0.273. The Morgan fingerprint density at radius 2 is 1.81 bits per heavy atom. The molecule has 6 rings (SSSR count). The zero-order valence-corrected chi connectivity index (χ0v) is 24.2. The SMILES string of the molecule is CN(C)C1C(O)=C(C(N)=O)C(=O)C2(O)C(O)=C3C(=O)c4c(O)ccc(-c5ccc(CNC6CCCCC6)o5)c4CC3CC12. The molecule has 1 fully saturated rings. The molecule has 2 aromatic rings. The molecule has 4 unspecified atom stereocenters. The molecule has 0 saturated heterocycles. The van der Waals surface area contributed by atoms with Crippen molar-refractivity contribution in [3.8, 4) is 17.1 Å². The smallest absolute Gasteiger partial charge is 0.255 e. The summed E-state index contributed by atoms with van der Waals surface area (Å²) >= 11 is 0. The molecule has 4 aliphatic rings. The van der Waals surface area contributed by atoms with Crippen LogP contribution in [0.5, 0.6) is 5.75 Å². The first kappa shape index (κ1) is 29.2. The van der Waals surface area contributed by atoms with E-state index in [9.17, 15) is 34.8 Å². The fourth-order valence-corrected chi connectivity index (χ4v) is 7.65. The van der Waals surface area contributed by atoms with Gasteiger partial charge in [0.25, 0.3) is 5.91 Å². The highest BCUT2D eigenvalue weighted by atomic mass is 16.4. The summed E-state index contributed by atoms with van der Waals surface area (Å²) in [7, 11) is 3.20. The first-order valence-corrected chi connectivity index (χ1v) is 14.8. The van der Waals surface area contributed by atoms with Crippen LogP contribution >= 0.6 is 0 Å². The third-order valence-electron chi connectivity index (χ3n) is 9.70. The molecule has 11 nitrogen and oxygen atoms in total. The number of benzene rings is 1. The van der Waals surface area contributed by atoms with Crippen LogP contribution in [0.25, 0.3) is 11.3 Å². The minimum absolute atomic E-state index is 0.0234. The van der Waals surface area contributed by atoms with Crippen molar-refractivity contribution >= 4 is 17.5 Å². The molecule has 4 aliphatic carbocycles. The second kappa shape index (κ2) is 10.7. The number of nitrogens with zero attached hydrogens (tertiary/aromatic N) is 1. The maximum atomic E-state index is 14.0. The van der Waals surface area contributed by atoms with Gasteiger partial charge in [0.2, 0.25) is 5.78 Å².